The fourth-order valence-corrected chi connectivity index (χ4v) is 2.65. The third-order valence-electron chi connectivity index (χ3n) is 3.67. The van der Waals surface area contributed by atoms with E-state index >= 15 is 0 Å². The number of hydrogen-bond donors (Lipinski definition) is 1. The lowest BCUT2D eigenvalue weighted by atomic mass is 9.98. The van der Waals surface area contributed by atoms with Crippen LogP contribution in [0, 0.1) is 5.92 Å². The summed E-state index contributed by atoms with van der Waals surface area (Å²) in [6.45, 7) is 8.21. The minimum atomic E-state index is 0.717. The van der Waals surface area contributed by atoms with Gasteiger partial charge in [0, 0.05) is 13.1 Å². The highest BCUT2D eigenvalue weighted by atomic mass is 16.5. The quantitative estimate of drug-likeness (QED) is 0.817. The third-order valence-corrected chi connectivity index (χ3v) is 3.67. The topological polar surface area (TPSA) is 24.5 Å². The van der Waals surface area contributed by atoms with Crippen LogP contribution in [-0.2, 0) is 11.3 Å². The molecule has 0 saturated carbocycles. The van der Waals surface area contributed by atoms with Gasteiger partial charge in [0.2, 0.25) is 0 Å². The molecule has 0 aromatic heterocycles. The van der Waals surface area contributed by atoms with Crippen molar-refractivity contribution in [3.8, 4) is 0 Å². The first-order valence-corrected chi connectivity index (χ1v) is 7.43. The van der Waals surface area contributed by atoms with E-state index in [2.05, 4.69) is 41.4 Å². The second-order valence-corrected chi connectivity index (χ2v) is 5.36. The Bertz CT molecular complexity index is 342. The lowest BCUT2D eigenvalue weighted by molar-refractivity contribution is -0.00168. The van der Waals surface area contributed by atoms with Crippen LogP contribution in [-0.4, -0.2) is 37.8 Å². The van der Waals surface area contributed by atoms with Gasteiger partial charge < -0.3 is 10.1 Å². The number of benzene rings is 1. The third kappa shape index (κ3) is 5.31. The second-order valence-electron chi connectivity index (χ2n) is 5.36. The van der Waals surface area contributed by atoms with E-state index in [1.807, 2.05) is 6.07 Å². The summed E-state index contributed by atoms with van der Waals surface area (Å²) in [6, 6.07) is 10.4. The van der Waals surface area contributed by atoms with E-state index in [4.69, 9.17) is 4.74 Å². The average Bonchev–Trinajstić information content (AvgIpc) is 2.47. The summed E-state index contributed by atoms with van der Waals surface area (Å²) in [7, 11) is 0. The van der Waals surface area contributed by atoms with Crippen LogP contribution in [0.1, 0.15) is 25.3 Å². The maximum atomic E-state index is 5.82. The van der Waals surface area contributed by atoms with Gasteiger partial charge in [-0.3, -0.25) is 4.90 Å². The molecule has 0 amide bonds. The van der Waals surface area contributed by atoms with Crippen LogP contribution >= 0.6 is 0 Å². The minimum Gasteiger partial charge on any atom is -0.361 e. The van der Waals surface area contributed by atoms with E-state index < -0.39 is 0 Å². The van der Waals surface area contributed by atoms with E-state index in [1.165, 1.54) is 31.5 Å². The molecule has 1 unspecified atom stereocenters. The molecular formula is C16H26N2O. The molecule has 19 heavy (non-hydrogen) atoms. The number of ether oxygens (including phenoxy) is 1. The molecule has 0 aliphatic carbocycles. The fourth-order valence-electron chi connectivity index (χ4n) is 2.65. The van der Waals surface area contributed by atoms with Gasteiger partial charge in [0.25, 0.3) is 0 Å². The molecule has 106 valence electrons. The number of piperidine rings is 1. The van der Waals surface area contributed by atoms with Crippen molar-refractivity contribution in [3.05, 3.63) is 35.9 Å². The fraction of sp³-hybridized carbons (Fsp3) is 0.625. The van der Waals surface area contributed by atoms with Gasteiger partial charge in [-0.25, -0.2) is 0 Å². The van der Waals surface area contributed by atoms with Crippen molar-refractivity contribution in [3.63, 3.8) is 0 Å². The first kappa shape index (κ1) is 14.5. The Balaban J connectivity index is 1.65. The Morgan fingerprint density at radius 3 is 2.95 bits per heavy atom. The molecule has 1 N–H and O–H groups in total. The number of likely N-dealkylation sites (tertiary alicyclic amines) is 1. The predicted molar refractivity (Wildman–Crippen MR) is 78.9 cm³/mol. The van der Waals surface area contributed by atoms with Gasteiger partial charge in [0.15, 0.2) is 0 Å². The van der Waals surface area contributed by atoms with Gasteiger partial charge in [-0.2, -0.15) is 0 Å². The Morgan fingerprint density at radius 1 is 1.32 bits per heavy atom. The zero-order valence-corrected chi connectivity index (χ0v) is 12.0. The van der Waals surface area contributed by atoms with Crippen LogP contribution in [0.25, 0.3) is 0 Å². The van der Waals surface area contributed by atoms with Crippen LogP contribution < -0.4 is 5.32 Å². The van der Waals surface area contributed by atoms with Gasteiger partial charge in [0.1, 0.15) is 0 Å². The monoisotopic (exact) mass is 262 g/mol. The average molecular weight is 262 g/mol. The van der Waals surface area contributed by atoms with E-state index in [9.17, 15) is 0 Å². The molecule has 1 fully saturated rings. The number of nitrogens with one attached hydrogen (secondary N) is 1. The predicted octanol–water partition coefficient (Wildman–Crippen LogP) is 2.48. The van der Waals surface area contributed by atoms with E-state index in [0.717, 1.165) is 32.3 Å². The van der Waals surface area contributed by atoms with Gasteiger partial charge in [-0.1, -0.05) is 37.3 Å². The first-order valence-electron chi connectivity index (χ1n) is 7.43. The summed E-state index contributed by atoms with van der Waals surface area (Å²) in [5.41, 5.74) is 1.25. The molecule has 0 spiro atoms. The van der Waals surface area contributed by atoms with E-state index in [0.29, 0.717) is 0 Å². The molecule has 1 atom stereocenters. The van der Waals surface area contributed by atoms with Crippen molar-refractivity contribution in [1.82, 2.24) is 10.2 Å². The Labute approximate surface area is 116 Å². The molecule has 1 aromatic carbocycles. The summed E-state index contributed by atoms with van der Waals surface area (Å²) in [5.74, 6) is 0.786. The van der Waals surface area contributed by atoms with Crippen molar-refractivity contribution >= 4 is 0 Å². The van der Waals surface area contributed by atoms with Crippen LogP contribution in [0.3, 0.4) is 0 Å². The summed E-state index contributed by atoms with van der Waals surface area (Å²) in [4.78, 5) is 2.44. The summed E-state index contributed by atoms with van der Waals surface area (Å²) < 4.78 is 5.82. The minimum absolute atomic E-state index is 0.717. The van der Waals surface area contributed by atoms with Gasteiger partial charge >= 0.3 is 0 Å². The van der Waals surface area contributed by atoms with Crippen LogP contribution in [0.15, 0.2) is 30.3 Å². The van der Waals surface area contributed by atoms with Crippen LogP contribution in [0.5, 0.6) is 0 Å². The Kier molecular flexibility index (Phi) is 6.34. The summed E-state index contributed by atoms with van der Waals surface area (Å²) in [6.07, 6.45) is 2.65. The molecule has 0 bridgehead atoms. The maximum Gasteiger partial charge on any atom is 0.0994 e. The molecule has 1 saturated heterocycles. The highest BCUT2D eigenvalue weighted by molar-refractivity contribution is 5.13. The van der Waals surface area contributed by atoms with Crippen molar-refractivity contribution in [2.45, 2.75) is 26.4 Å². The van der Waals surface area contributed by atoms with Crippen molar-refractivity contribution in [2.24, 2.45) is 5.92 Å². The molecule has 1 aliphatic heterocycles. The number of hydrogen-bond acceptors (Lipinski definition) is 3. The normalized spacial score (nSPS) is 20.6. The molecule has 3 heteroatoms. The molecule has 3 nitrogen and oxygen atoms in total. The smallest absolute Gasteiger partial charge is 0.0994 e. The summed E-state index contributed by atoms with van der Waals surface area (Å²) in [5, 5.41) is 3.45. The molecule has 1 aromatic rings. The first-order chi connectivity index (χ1) is 9.38. The number of rotatable bonds is 7. The van der Waals surface area contributed by atoms with Crippen molar-refractivity contribution in [1.29, 1.82) is 0 Å². The van der Waals surface area contributed by atoms with Gasteiger partial charge in [-0.05, 0) is 37.4 Å². The van der Waals surface area contributed by atoms with Crippen LogP contribution in [0.4, 0.5) is 0 Å². The number of nitrogens with zero attached hydrogens (tertiary/aromatic N) is 1. The molecule has 1 aliphatic rings. The van der Waals surface area contributed by atoms with Gasteiger partial charge in [-0.15, -0.1) is 0 Å². The van der Waals surface area contributed by atoms with Crippen LogP contribution in [0.2, 0.25) is 0 Å². The zero-order valence-electron chi connectivity index (χ0n) is 12.0. The van der Waals surface area contributed by atoms with Crippen molar-refractivity contribution in [2.75, 3.05) is 32.9 Å². The lowest BCUT2D eigenvalue weighted by Gasteiger charge is -2.32. The van der Waals surface area contributed by atoms with E-state index in [1.54, 1.807) is 0 Å². The maximum absolute atomic E-state index is 5.82. The molecule has 0 radical (unpaired) electrons. The Hall–Kier alpha value is -0.900. The molecule has 1 heterocycles. The Morgan fingerprint density at radius 2 is 2.16 bits per heavy atom. The second kappa shape index (κ2) is 8.31. The molecule has 2 rings (SSSR count). The standard InChI is InChI=1S/C16H26N2O/c1-2-17-11-16-9-6-10-18(12-16)14-19-13-15-7-4-3-5-8-15/h3-5,7-8,16-17H,2,6,9-14H2,1H3. The van der Waals surface area contributed by atoms with Gasteiger partial charge in [0.05, 0.1) is 13.3 Å². The SMILES string of the molecule is CCNCC1CCCN(COCc2ccccc2)C1. The van der Waals surface area contributed by atoms with Crippen molar-refractivity contribution < 1.29 is 4.74 Å². The summed E-state index contributed by atoms with van der Waals surface area (Å²) >= 11 is 0. The lowest BCUT2D eigenvalue weighted by Crippen LogP contribution is -2.40. The molecular weight excluding hydrogens is 236 g/mol. The highest BCUT2D eigenvalue weighted by Crippen LogP contribution is 2.15. The highest BCUT2D eigenvalue weighted by Gasteiger charge is 2.19. The zero-order chi connectivity index (χ0) is 13.3. The van der Waals surface area contributed by atoms with E-state index in [-0.39, 0.29) is 0 Å². The largest absolute Gasteiger partial charge is 0.361 e.